The normalized spacial score (nSPS) is 14.4. The Morgan fingerprint density at radius 2 is 1.35 bits per heavy atom. The summed E-state index contributed by atoms with van der Waals surface area (Å²) in [5.41, 5.74) is 4.33. The second kappa shape index (κ2) is 15.6. The molecule has 0 aliphatic heterocycles. The van der Waals surface area contributed by atoms with Gasteiger partial charge in [-0.05, 0) is 46.5 Å². The van der Waals surface area contributed by atoms with Gasteiger partial charge in [-0.15, -0.1) is 0 Å². The van der Waals surface area contributed by atoms with Crippen LogP contribution >= 0.6 is 0 Å². The Balaban J connectivity index is 5.58. The fraction of sp³-hybridized carbons (Fsp3) is 0.739. The number of aliphatic hydroxyl groups is 1. The van der Waals surface area contributed by atoms with Crippen molar-refractivity contribution >= 4 is 35.7 Å². The maximum Gasteiger partial charge on any atom is 0.408 e. The van der Waals surface area contributed by atoms with Crippen molar-refractivity contribution in [1.82, 2.24) is 21.3 Å². The molecule has 14 nitrogen and oxygen atoms in total. The molecule has 0 rings (SSSR count). The van der Waals surface area contributed by atoms with E-state index in [0.717, 1.165) is 7.11 Å². The number of carbonyl (C=O) groups excluding carboxylic acids is 6. The molecule has 5 amide bonds. The number of ether oxygens (including phenoxy) is 2. The number of nitrogens with two attached hydrogens (primary N) is 1. The molecule has 0 spiro atoms. The van der Waals surface area contributed by atoms with E-state index in [2.05, 4.69) is 26.0 Å². The molecule has 0 aromatic rings. The second-order valence-corrected chi connectivity index (χ2v) is 9.89. The van der Waals surface area contributed by atoms with Gasteiger partial charge in [-0.1, -0.05) is 13.8 Å². The third-order valence-electron chi connectivity index (χ3n) is 4.76. The standard InChI is InChI=1S/C23H41N5O9/c1-12(2)10-15(19(32)27-16(11-29)20(33)25-13(3)21(34)36-7)26-18(31)14(8-9-17(24)30)28-22(35)37-23(4,5)6/h12-16,29H,8-11H2,1-7H3,(H2,24,30)(H,25,33)(H,26,31)(H,27,32)(H,28,35)/t13-,14-,15-,16-/m0/s1. The molecule has 0 aromatic carbocycles. The highest BCUT2D eigenvalue weighted by Crippen LogP contribution is 2.10. The van der Waals surface area contributed by atoms with Crippen LogP contribution in [-0.4, -0.2) is 84.3 Å². The minimum Gasteiger partial charge on any atom is -0.467 e. The summed E-state index contributed by atoms with van der Waals surface area (Å²) in [6, 6.07) is -4.86. The minimum absolute atomic E-state index is 0.0836. The van der Waals surface area contributed by atoms with Crippen LogP contribution in [0.3, 0.4) is 0 Å². The molecule has 0 fully saturated rings. The number of nitrogens with one attached hydrogen (secondary N) is 4. The molecule has 4 atom stereocenters. The van der Waals surface area contributed by atoms with E-state index in [4.69, 9.17) is 10.5 Å². The predicted octanol–water partition coefficient (Wildman–Crippen LogP) is -1.17. The number of primary amides is 1. The average molecular weight is 532 g/mol. The highest BCUT2D eigenvalue weighted by Gasteiger charge is 2.31. The Labute approximate surface area is 216 Å². The van der Waals surface area contributed by atoms with Crippen LogP contribution < -0.4 is 27.0 Å². The van der Waals surface area contributed by atoms with Crippen LogP contribution in [0.25, 0.3) is 0 Å². The molecule has 0 aliphatic carbocycles. The lowest BCUT2D eigenvalue weighted by molar-refractivity contribution is -0.145. The fourth-order valence-electron chi connectivity index (χ4n) is 3.00. The van der Waals surface area contributed by atoms with Gasteiger partial charge >= 0.3 is 12.1 Å². The summed E-state index contributed by atoms with van der Waals surface area (Å²) in [7, 11) is 1.14. The third kappa shape index (κ3) is 14.0. The van der Waals surface area contributed by atoms with Crippen molar-refractivity contribution in [3.05, 3.63) is 0 Å². The number of carbonyl (C=O) groups is 6. The van der Waals surface area contributed by atoms with E-state index in [-0.39, 0.29) is 25.2 Å². The van der Waals surface area contributed by atoms with Gasteiger partial charge in [0.2, 0.25) is 23.6 Å². The molecule has 0 saturated carbocycles. The predicted molar refractivity (Wildman–Crippen MR) is 132 cm³/mol. The quantitative estimate of drug-likeness (QED) is 0.149. The molecule has 37 heavy (non-hydrogen) atoms. The van der Waals surface area contributed by atoms with Crippen molar-refractivity contribution in [2.75, 3.05) is 13.7 Å². The highest BCUT2D eigenvalue weighted by atomic mass is 16.6. The molecule has 212 valence electrons. The Kier molecular flexibility index (Phi) is 14.2. The fourth-order valence-corrected chi connectivity index (χ4v) is 3.00. The van der Waals surface area contributed by atoms with Crippen LogP contribution in [-0.2, 0) is 33.4 Å². The van der Waals surface area contributed by atoms with E-state index in [1.165, 1.54) is 6.92 Å². The van der Waals surface area contributed by atoms with Crippen LogP contribution in [0.1, 0.15) is 60.8 Å². The number of esters is 1. The molecule has 0 aliphatic rings. The molecule has 0 saturated heterocycles. The second-order valence-electron chi connectivity index (χ2n) is 9.89. The topological polar surface area (TPSA) is 215 Å². The van der Waals surface area contributed by atoms with Crippen LogP contribution in [0, 0.1) is 5.92 Å². The van der Waals surface area contributed by atoms with Crippen molar-refractivity contribution in [2.45, 2.75) is 90.6 Å². The first-order valence-electron chi connectivity index (χ1n) is 11.9. The Bertz CT molecular complexity index is 826. The van der Waals surface area contributed by atoms with Crippen LogP contribution in [0.2, 0.25) is 0 Å². The molecule has 7 N–H and O–H groups in total. The van der Waals surface area contributed by atoms with E-state index in [1.807, 2.05) is 0 Å². The van der Waals surface area contributed by atoms with Crippen LogP contribution in [0.4, 0.5) is 4.79 Å². The van der Waals surface area contributed by atoms with Crippen molar-refractivity contribution < 1.29 is 43.3 Å². The van der Waals surface area contributed by atoms with Crippen molar-refractivity contribution in [3.63, 3.8) is 0 Å². The van der Waals surface area contributed by atoms with E-state index < -0.39 is 72.1 Å². The number of aliphatic hydroxyl groups excluding tert-OH is 1. The van der Waals surface area contributed by atoms with Gasteiger partial charge in [0.05, 0.1) is 13.7 Å². The summed E-state index contributed by atoms with van der Waals surface area (Å²) in [6.45, 7) is 9.07. The number of methoxy groups -OCH3 is 1. The SMILES string of the molecule is COC(=O)[C@H](C)NC(=O)[C@H](CO)NC(=O)[C@H](CC(C)C)NC(=O)[C@H](CCC(N)=O)NC(=O)OC(C)(C)C. The summed E-state index contributed by atoms with van der Waals surface area (Å²) < 4.78 is 9.69. The molecule has 0 bridgehead atoms. The highest BCUT2D eigenvalue weighted by molar-refractivity contribution is 5.95. The van der Waals surface area contributed by atoms with Gasteiger partial charge in [-0.3, -0.25) is 19.2 Å². The number of hydrogen-bond acceptors (Lipinski definition) is 9. The maximum absolute atomic E-state index is 13.0. The summed E-state index contributed by atoms with van der Waals surface area (Å²) in [5.74, 6) is -3.90. The lowest BCUT2D eigenvalue weighted by Gasteiger charge is -2.27. The molecule has 0 radical (unpaired) electrons. The van der Waals surface area contributed by atoms with Gasteiger partial charge in [0.1, 0.15) is 29.8 Å². The molecule has 0 unspecified atom stereocenters. The lowest BCUT2D eigenvalue weighted by atomic mass is 10.0. The van der Waals surface area contributed by atoms with Gasteiger partial charge in [0, 0.05) is 6.42 Å². The van der Waals surface area contributed by atoms with E-state index in [0.29, 0.717) is 0 Å². The molecule has 0 aromatic heterocycles. The monoisotopic (exact) mass is 531 g/mol. The summed E-state index contributed by atoms with van der Waals surface area (Å²) in [6.07, 6.45) is -1.13. The van der Waals surface area contributed by atoms with Gasteiger partial charge in [0.15, 0.2) is 0 Å². The van der Waals surface area contributed by atoms with Crippen molar-refractivity contribution in [1.29, 1.82) is 0 Å². The largest absolute Gasteiger partial charge is 0.467 e. The first-order valence-corrected chi connectivity index (χ1v) is 11.9. The molecular weight excluding hydrogens is 490 g/mol. The summed E-state index contributed by atoms with van der Waals surface area (Å²) in [4.78, 5) is 73.4. The van der Waals surface area contributed by atoms with Gasteiger partial charge in [-0.25, -0.2) is 9.59 Å². The first kappa shape index (κ1) is 33.6. The number of rotatable bonds is 14. The Morgan fingerprint density at radius 3 is 1.81 bits per heavy atom. The van der Waals surface area contributed by atoms with Gasteiger partial charge in [0.25, 0.3) is 0 Å². The summed E-state index contributed by atoms with van der Waals surface area (Å²) in [5, 5.41) is 19.2. The van der Waals surface area contributed by atoms with Crippen molar-refractivity contribution in [3.8, 4) is 0 Å². The minimum atomic E-state index is -1.42. The molecule has 14 heteroatoms. The smallest absolute Gasteiger partial charge is 0.408 e. The third-order valence-corrected chi connectivity index (χ3v) is 4.76. The molecular formula is C23H41N5O9. The lowest BCUT2D eigenvalue weighted by Crippen LogP contribution is -2.58. The maximum atomic E-state index is 13.0. The van der Waals surface area contributed by atoms with Crippen LogP contribution in [0.5, 0.6) is 0 Å². The van der Waals surface area contributed by atoms with E-state index >= 15 is 0 Å². The van der Waals surface area contributed by atoms with Gasteiger partial charge in [-0.2, -0.15) is 0 Å². The Morgan fingerprint density at radius 1 is 0.838 bits per heavy atom. The zero-order valence-corrected chi connectivity index (χ0v) is 22.5. The zero-order valence-electron chi connectivity index (χ0n) is 22.5. The molecule has 0 heterocycles. The number of alkyl carbamates (subject to hydrolysis) is 1. The number of amides is 5. The summed E-state index contributed by atoms with van der Waals surface area (Å²) >= 11 is 0. The van der Waals surface area contributed by atoms with Gasteiger partial charge < -0.3 is 41.6 Å². The van der Waals surface area contributed by atoms with E-state index in [9.17, 15) is 33.9 Å². The first-order chi connectivity index (χ1) is 17.0. The zero-order chi connectivity index (χ0) is 28.9. The van der Waals surface area contributed by atoms with E-state index in [1.54, 1.807) is 34.6 Å². The number of hydrogen-bond donors (Lipinski definition) is 6. The Hall–Kier alpha value is -3.42. The average Bonchev–Trinajstić information content (AvgIpc) is 2.76. The van der Waals surface area contributed by atoms with Crippen molar-refractivity contribution in [2.24, 2.45) is 11.7 Å². The van der Waals surface area contributed by atoms with Crippen LogP contribution in [0.15, 0.2) is 0 Å².